The van der Waals surface area contributed by atoms with Gasteiger partial charge in [-0.1, -0.05) is 29.9 Å². The molecule has 2 rings (SSSR count). The topological polar surface area (TPSA) is 47.6 Å². The first-order valence-corrected chi connectivity index (χ1v) is 9.30. The molecule has 0 radical (unpaired) electrons. The molecule has 128 valence electrons. The molecule has 0 bridgehead atoms. The van der Waals surface area contributed by atoms with Crippen molar-refractivity contribution in [2.75, 3.05) is 0 Å². The maximum absolute atomic E-state index is 10.1. The van der Waals surface area contributed by atoms with Crippen LogP contribution in [-0.4, -0.2) is 5.71 Å². The molecule has 2 heteroatoms. The van der Waals surface area contributed by atoms with Crippen LogP contribution >= 0.6 is 0 Å². The Morgan fingerprint density at radius 2 is 1.88 bits per heavy atom. The predicted molar refractivity (Wildman–Crippen MR) is 102 cm³/mol. The lowest BCUT2D eigenvalue weighted by Crippen LogP contribution is -2.37. The van der Waals surface area contributed by atoms with Crippen LogP contribution in [0, 0.1) is 28.1 Å². The number of hydrogen-bond acceptors (Lipinski definition) is 2. The fraction of sp³-hybridized carbons (Fsp3) is 0.545. The lowest BCUT2D eigenvalue weighted by molar-refractivity contribution is 0.535. The quantitative estimate of drug-likeness (QED) is 0.414. The molecule has 24 heavy (non-hydrogen) atoms. The lowest BCUT2D eigenvalue weighted by atomic mass is 9.65. The fourth-order valence-corrected chi connectivity index (χ4v) is 4.13. The van der Waals surface area contributed by atoms with Gasteiger partial charge in [0.1, 0.15) is 5.41 Å². The van der Waals surface area contributed by atoms with Crippen LogP contribution in [0.3, 0.4) is 0 Å². The highest BCUT2D eigenvalue weighted by Gasteiger charge is 2.42. The molecule has 0 amide bonds. The van der Waals surface area contributed by atoms with Gasteiger partial charge in [-0.2, -0.15) is 5.26 Å². The Bertz CT molecular complexity index is 588. The predicted octanol–water partition coefficient (Wildman–Crippen LogP) is 6.29. The lowest BCUT2D eigenvalue weighted by Gasteiger charge is -2.36. The first-order valence-electron chi connectivity index (χ1n) is 9.30. The van der Waals surface area contributed by atoms with Crippen LogP contribution in [0.1, 0.15) is 64.2 Å². The Balaban J connectivity index is 2.42. The monoisotopic (exact) mass is 322 g/mol. The van der Waals surface area contributed by atoms with Crippen molar-refractivity contribution in [3.63, 3.8) is 0 Å². The summed E-state index contributed by atoms with van der Waals surface area (Å²) in [5.74, 6) is 0.0187. The van der Waals surface area contributed by atoms with Crippen LogP contribution in [0.15, 0.2) is 48.6 Å². The zero-order chi connectivity index (χ0) is 17.4. The van der Waals surface area contributed by atoms with Crippen molar-refractivity contribution in [2.45, 2.75) is 64.2 Å². The van der Waals surface area contributed by atoms with Crippen molar-refractivity contribution in [2.24, 2.45) is 11.3 Å². The summed E-state index contributed by atoms with van der Waals surface area (Å²) in [6.07, 6.45) is 18.4. The van der Waals surface area contributed by atoms with Gasteiger partial charge in [0.15, 0.2) is 0 Å². The van der Waals surface area contributed by atoms with Gasteiger partial charge in [-0.15, -0.1) is 13.2 Å². The largest absolute Gasteiger partial charge is 0.307 e. The van der Waals surface area contributed by atoms with Gasteiger partial charge < -0.3 is 5.41 Å². The van der Waals surface area contributed by atoms with Gasteiger partial charge in [0, 0.05) is 11.6 Å². The second-order valence-corrected chi connectivity index (χ2v) is 7.00. The van der Waals surface area contributed by atoms with E-state index in [2.05, 4.69) is 31.4 Å². The molecule has 2 aliphatic carbocycles. The highest BCUT2D eigenvalue weighted by Crippen LogP contribution is 2.43. The smallest absolute Gasteiger partial charge is 0.120 e. The van der Waals surface area contributed by atoms with E-state index in [4.69, 9.17) is 5.41 Å². The molecular weight excluding hydrogens is 292 g/mol. The van der Waals surface area contributed by atoms with Gasteiger partial charge in [-0.05, 0) is 69.8 Å². The number of allylic oxidation sites excluding steroid dienone is 6. The first kappa shape index (κ1) is 18.5. The number of nitrogens with zero attached hydrogens (tertiary/aromatic N) is 1. The minimum absolute atomic E-state index is 0.0187. The molecule has 0 saturated heterocycles. The standard InChI is InChI=1S/C22H30N2/c1-3-11-20(18-12-7-5-8-13-18)21(24)22(17-23,16-4-2)19-14-9-6-10-15-19/h3-4,12,14,20,24H,1-2,5-11,13,15-16H2/t20-,22-/m0/s1. The van der Waals surface area contributed by atoms with Gasteiger partial charge in [0.25, 0.3) is 0 Å². The van der Waals surface area contributed by atoms with E-state index in [1.54, 1.807) is 0 Å². The maximum Gasteiger partial charge on any atom is 0.120 e. The zero-order valence-electron chi connectivity index (χ0n) is 14.8. The molecule has 0 aromatic rings. The number of rotatable bonds is 8. The summed E-state index contributed by atoms with van der Waals surface area (Å²) in [5.41, 5.74) is 2.23. The number of nitrogens with one attached hydrogen (secondary N) is 1. The molecule has 0 aromatic carbocycles. The number of nitriles is 1. The van der Waals surface area contributed by atoms with Gasteiger partial charge in [0.05, 0.1) is 6.07 Å². The van der Waals surface area contributed by atoms with Crippen molar-refractivity contribution >= 4 is 5.71 Å². The van der Waals surface area contributed by atoms with Crippen LogP contribution in [0.4, 0.5) is 0 Å². The summed E-state index contributed by atoms with van der Waals surface area (Å²) < 4.78 is 0. The van der Waals surface area contributed by atoms with E-state index < -0.39 is 5.41 Å². The maximum atomic E-state index is 10.1. The molecule has 0 aliphatic heterocycles. The van der Waals surface area contributed by atoms with E-state index in [9.17, 15) is 5.26 Å². The van der Waals surface area contributed by atoms with Gasteiger partial charge in [0.2, 0.25) is 0 Å². The third kappa shape index (κ3) is 3.78. The molecule has 2 atom stereocenters. The second-order valence-electron chi connectivity index (χ2n) is 7.00. The minimum Gasteiger partial charge on any atom is -0.307 e. The summed E-state index contributed by atoms with van der Waals surface area (Å²) in [4.78, 5) is 0. The normalized spacial score (nSPS) is 21.5. The molecule has 0 unspecified atom stereocenters. The Labute approximate surface area is 147 Å². The molecule has 0 saturated carbocycles. The highest BCUT2D eigenvalue weighted by molar-refractivity contribution is 5.97. The van der Waals surface area contributed by atoms with E-state index in [-0.39, 0.29) is 5.92 Å². The third-order valence-corrected chi connectivity index (χ3v) is 5.46. The second kappa shape index (κ2) is 8.83. The van der Waals surface area contributed by atoms with Gasteiger partial charge in [-0.3, -0.25) is 0 Å². The number of hydrogen-bond donors (Lipinski definition) is 1. The summed E-state index contributed by atoms with van der Waals surface area (Å²) in [5, 5.41) is 19.2. The Morgan fingerprint density at radius 1 is 1.17 bits per heavy atom. The van der Waals surface area contributed by atoms with Crippen LogP contribution in [-0.2, 0) is 0 Å². The van der Waals surface area contributed by atoms with Crippen LogP contribution in [0.5, 0.6) is 0 Å². The average Bonchev–Trinajstić information content (AvgIpc) is 2.65. The first-order chi connectivity index (χ1) is 11.7. The summed E-state index contributed by atoms with van der Waals surface area (Å²) in [6.45, 7) is 7.78. The van der Waals surface area contributed by atoms with Crippen LogP contribution in [0.2, 0.25) is 0 Å². The fourth-order valence-electron chi connectivity index (χ4n) is 4.13. The van der Waals surface area contributed by atoms with Crippen LogP contribution < -0.4 is 0 Å². The zero-order valence-corrected chi connectivity index (χ0v) is 14.8. The third-order valence-electron chi connectivity index (χ3n) is 5.46. The Kier molecular flexibility index (Phi) is 6.79. The minimum atomic E-state index is -0.811. The molecule has 2 nitrogen and oxygen atoms in total. The molecule has 0 heterocycles. The van der Waals surface area contributed by atoms with E-state index in [0.717, 1.165) is 44.1 Å². The molecule has 0 aromatic heterocycles. The van der Waals surface area contributed by atoms with Crippen molar-refractivity contribution in [1.29, 1.82) is 10.7 Å². The van der Waals surface area contributed by atoms with Crippen molar-refractivity contribution in [3.05, 3.63) is 48.6 Å². The van der Waals surface area contributed by atoms with E-state index in [1.165, 1.54) is 24.8 Å². The Morgan fingerprint density at radius 3 is 2.38 bits per heavy atom. The van der Waals surface area contributed by atoms with E-state index >= 15 is 0 Å². The summed E-state index contributed by atoms with van der Waals surface area (Å²) in [7, 11) is 0. The van der Waals surface area contributed by atoms with Gasteiger partial charge in [-0.25, -0.2) is 0 Å². The van der Waals surface area contributed by atoms with Crippen molar-refractivity contribution in [1.82, 2.24) is 0 Å². The van der Waals surface area contributed by atoms with Crippen molar-refractivity contribution in [3.8, 4) is 6.07 Å². The molecular formula is C22H30N2. The molecule has 1 N–H and O–H groups in total. The average molecular weight is 322 g/mol. The van der Waals surface area contributed by atoms with E-state index in [0.29, 0.717) is 12.1 Å². The highest BCUT2D eigenvalue weighted by atomic mass is 14.6. The van der Waals surface area contributed by atoms with Crippen molar-refractivity contribution < 1.29 is 0 Å². The van der Waals surface area contributed by atoms with Crippen LogP contribution in [0.25, 0.3) is 0 Å². The van der Waals surface area contributed by atoms with E-state index in [1.807, 2.05) is 12.2 Å². The molecule has 0 spiro atoms. The summed E-state index contributed by atoms with van der Waals surface area (Å²) in [6, 6.07) is 2.54. The summed E-state index contributed by atoms with van der Waals surface area (Å²) >= 11 is 0. The molecule has 0 fully saturated rings. The van der Waals surface area contributed by atoms with Gasteiger partial charge >= 0.3 is 0 Å². The molecule has 2 aliphatic rings. The Hall–Kier alpha value is -1.88. The SMILES string of the molecule is C=CC[C@H](C(=N)[C@](C#N)(CC=C)C1=CCCCC1)C1=CCCCC1.